The lowest BCUT2D eigenvalue weighted by molar-refractivity contribution is -0.387. The maximum Gasteiger partial charge on any atom is 0.338 e. The van der Waals surface area contributed by atoms with E-state index in [1.807, 2.05) is 0 Å². The number of carbonyl (C=O) groups is 2. The molecule has 0 atom stereocenters. The van der Waals surface area contributed by atoms with Crippen LogP contribution in [0.3, 0.4) is 0 Å². The summed E-state index contributed by atoms with van der Waals surface area (Å²) >= 11 is 1.40. The molecule has 1 aliphatic carbocycles. The minimum absolute atomic E-state index is 0.0686. The lowest BCUT2D eigenvalue weighted by Crippen LogP contribution is -2.30. The molecule has 0 radical (unpaired) electrons. The number of esters is 1. The zero-order valence-electron chi connectivity index (χ0n) is 14.3. The summed E-state index contributed by atoms with van der Waals surface area (Å²) in [6.45, 7) is 3.80. The summed E-state index contributed by atoms with van der Waals surface area (Å²) in [4.78, 5) is 34.8. The van der Waals surface area contributed by atoms with Gasteiger partial charge in [-0.1, -0.05) is 13.8 Å². The number of hydrogen-bond donors (Lipinski definition) is 1. The summed E-state index contributed by atoms with van der Waals surface area (Å²) in [5, 5.41) is 14.0. The Balaban J connectivity index is 1.97. The molecular formula is C17H22N2O5S. The Morgan fingerprint density at radius 2 is 2.12 bits per heavy atom. The summed E-state index contributed by atoms with van der Waals surface area (Å²) in [5.74, 6) is 0.186. The van der Waals surface area contributed by atoms with Gasteiger partial charge in [0.2, 0.25) is 0 Å². The van der Waals surface area contributed by atoms with Crippen LogP contribution in [-0.4, -0.2) is 35.2 Å². The predicted octanol–water partition coefficient (Wildman–Crippen LogP) is 3.17. The molecular weight excluding hydrogens is 344 g/mol. The fourth-order valence-electron chi connectivity index (χ4n) is 2.03. The summed E-state index contributed by atoms with van der Waals surface area (Å²) < 4.78 is 4.93. The fourth-order valence-corrected chi connectivity index (χ4v) is 3.28. The van der Waals surface area contributed by atoms with E-state index in [-0.39, 0.29) is 29.8 Å². The highest BCUT2D eigenvalue weighted by molar-refractivity contribution is 7.99. The first kappa shape index (κ1) is 19.2. The van der Waals surface area contributed by atoms with Crippen molar-refractivity contribution in [3.8, 4) is 0 Å². The molecule has 0 aromatic heterocycles. The van der Waals surface area contributed by atoms with Crippen molar-refractivity contribution >= 4 is 29.3 Å². The molecule has 0 bridgehead atoms. The summed E-state index contributed by atoms with van der Waals surface area (Å²) in [6, 6.07) is 4.45. The van der Waals surface area contributed by atoms with Gasteiger partial charge in [0.1, 0.15) is 0 Å². The largest absolute Gasteiger partial charge is 0.452 e. The highest BCUT2D eigenvalue weighted by atomic mass is 32.2. The number of nitro groups is 1. The normalized spacial score (nSPS) is 13.6. The zero-order chi connectivity index (χ0) is 18.4. The standard InChI is InChI=1S/C17H22N2O5S/c1-11(2)7-8-25-15-6-3-12(9-14(15)19(22)23)17(21)24-10-16(20)18-13-4-5-13/h3,6,9,11,13H,4-5,7-8,10H2,1-2H3,(H,18,20). The van der Waals surface area contributed by atoms with E-state index < -0.39 is 10.9 Å². The van der Waals surface area contributed by atoms with Crippen LogP contribution in [0.5, 0.6) is 0 Å². The van der Waals surface area contributed by atoms with Crippen LogP contribution >= 0.6 is 11.8 Å². The minimum Gasteiger partial charge on any atom is -0.452 e. The summed E-state index contributed by atoms with van der Waals surface area (Å²) in [6.07, 6.45) is 2.84. The van der Waals surface area contributed by atoms with Gasteiger partial charge < -0.3 is 10.1 Å². The molecule has 1 amide bonds. The average molecular weight is 366 g/mol. The van der Waals surface area contributed by atoms with Crippen LogP contribution in [0, 0.1) is 16.0 Å². The van der Waals surface area contributed by atoms with Crippen molar-refractivity contribution < 1.29 is 19.2 Å². The monoisotopic (exact) mass is 366 g/mol. The number of amides is 1. The average Bonchev–Trinajstić information content (AvgIpc) is 3.36. The number of hydrogen-bond acceptors (Lipinski definition) is 6. The van der Waals surface area contributed by atoms with E-state index in [0.717, 1.165) is 25.0 Å². The van der Waals surface area contributed by atoms with Gasteiger partial charge in [-0.25, -0.2) is 4.79 Å². The molecule has 0 saturated heterocycles. The van der Waals surface area contributed by atoms with E-state index in [1.54, 1.807) is 6.07 Å². The van der Waals surface area contributed by atoms with Crippen LogP contribution < -0.4 is 5.32 Å². The molecule has 1 saturated carbocycles. The fraction of sp³-hybridized carbons (Fsp3) is 0.529. The Kier molecular flexibility index (Phi) is 6.81. The number of thioether (sulfide) groups is 1. The predicted molar refractivity (Wildman–Crippen MR) is 94.7 cm³/mol. The first-order chi connectivity index (χ1) is 11.9. The number of nitrogens with zero attached hydrogens (tertiary/aromatic N) is 1. The number of nitrogens with one attached hydrogen (secondary N) is 1. The highest BCUT2D eigenvalue weighted by Crippen LogP contribution is 2.31. The summed E-state index contributed by atoms with van der Waals surface area (Å²) in [7, 11) is 0. The Labute approximate surface area is 150 Å². The van der Waals surface area contributed by atoms with E-state index in [4.69, 9.17) is 4.74 Å². The Morgan fingerprint density at radius 1 is 1.40 bits per heavy atom. The molecule has 0 heterocycles. The third-order valence-electron chi connectivity index (χ3n) is 3.62. The van der Waals surface area contributed by atoms with Gasteiger partial charge in [-0.05, 0) is 43.1 Å². The topological polar surface area (TPSA) is 98.5 Å². The number of benzene rings is 1. The third-order valence-corrected chi connectivity index (χ3v) is 4.72. The second kappa shape index (κ2) is 8.84. The highest BCUT2D eigenvalue weighted by Gasteiger charge is 2.24. The van der Waals surface area contributed by atoms with Crippen LogP contribution in [0.2, 0.25) is 0 Å². The SMILES string of the molecule is CC(C)CCSc1ccc(C(=O)OCC(=O)NC2CC2)cc1[N+](=O)[O-]. The van der Waals surface area contributed by atoms with Crippen molar-refractivity contribution in [3.05, 3.63) is 33.9 Å². The quantitative estimate of drug-likeness (QED) is 0.312. The number of nitro benzene ring substituents is 1. The molecule has 1 aliphatic rings. The van der Waals surface area contributed by atoms with Gasteiger partial charge in [-0.3, -0.25) is 14.9 Å². The van der Waals surface area contributed by atoms with E-state index in [1.165, 1.54) is 23.9 Å². The van der Waals surface area contributed by atoms with Crippen LogP contribution in [0.25, 0.3) is 0 Å². The Morgan fingerprint density at radius 3 is 2.72 bits per heavy atom. The smallest absolute Gasteiger partial charge is 0.338 e. The molecule has 7 nitrogen and oxygen atoms in total. The van der Waals surface area contributed by atoms with Crippen molar-refractivity contribution in [2.24, 2.45) is 5.92 Å². The van der Waals surface area contributed by atoms with Gasteiger partial charge in [-0.15, -0.1) is 11.8 Å². The van der Waals surface area contributed by atoms with Gasteiger partial charge >= 0.3 is 5.97 Å². The minimum atomic E-state index is -0.743. The van der Waals surface area contributed by atoms with Crippen LogP contribution in [0.4, 0.5) is 5.69 Å². The van der Waals surface area contributed by atoms with Gasteiger partial charge in [-0.2, -0.15) is 0 Å². The number of ether oxygens (including phenoxy) is 1. The van der Waals surface area contributed by atoms with Crippen molar-refractivity contribution in [1.29, 1.82) is 0 Å². The molecule has 1 N–H and O–H groups in total. The molecule has 8 heteroatoms. The van der Waals surface area contributed by atoms with Gasteiger partial charge in [0.25, 0.3) is 11.6 Å². The second-order valence-corrected chi connectivity index (χ2v) is 7.53. The molecule has 0 aliphatic heterocycles. The molecule has 136 valence electrons. The molecule has 25 heavy (non-hydrogen) atoms. The van der Waals surface area contributed by atoms with E-state index in [0.29, 0.717) is 10.8 Å². The summed E-state index contributed by atoms with van der Waals surface area (Å²) in [5.41, 5.74) is -0.0511. The molecule has 1 fully saturated rings. The van der Waals surface area contributed by atoms with Crippen molar-refractivity contribution in [3.63, 3.8) is 0 Å². The Bertz CT molecular complexity index is 658. The zero-order valence-corrected chi connectivity index (χ0v) is 15.1. The van der Waals surface area contributed by atoms with Gasteiger partial charge in [0.15, 0.2) is 6.61 Å². The molecule has 1 aromatic carbocycles. The maximum atomic E-state index is 12.0. The first-order valence-corrected chi connectivity index (χ1v) is 9.23. The van der Waals surface area contributed by atoms with Crippen molar-refractivity contribution in [2.75, 3.05) is 12.4 Å². The molecule has 0 spiro atoms. The lowest BCUT2D eigenvalue weighted by Gasteiger charge is -2.08. The second-order valence-electron chi connectivity index (χ2n) is 6.39. The Hall–Kier alpha value is -2.09. The van der Waals surface area contributed by atoms with E-state index in [9.17, 15) is 19.7 Å². The van der Waals surface area contributed by atoms with Crippen LogP contribution in [0.1, 0.15) is 43.5 Å². The number of carbonyl (C=O) groups excluding carboxylic acids is 2. The first-order valence-electron chi connectivity index (χ1n) is 8.24. The third kappa shape index (κ3) is 6.38. The number of rotatable bonds is 9. The van der Waals surface area contributed by atoms with Crippen LogP contribution in [-0.2, 0) is 9.53 Å². The molecule has 1 aromatic rings. The van der Waals surface area contributed by atoms with Gasteiger partial charge in [0, 0.05) is 12.1 Å². The van der Waals surface area contributed by atoms with Gasteiger partial charge in [0.05, 0.1) is 15.4 Å². The van der Waals surface area contributed by atoms with E-state index >= 15 is 0 Å². The lowest BCUT2D eigenvalue weighted by atomic mass is 10.2. The molecule has 2 rings (SSSR count). The van der Waals surface area contributed by atoms with Crippen molar-refractivity contribution in [1.82, 2.24) is 5.32 Å². The van der Waals surface area contributed by atoms with Crippen LogP contribution in [0.15, 0.2) is 23.1 Å². The molecule has 0 unspecified atom stereocenters. The van der Waals surface area contributed by atoms with E-state index in [2.05, 4.69) is 19.2 Å². The maximum absolute atomic E-state index is 12.0. The van der Waals surface area contributed by atoms with Crippen molar-refractivity contribution in [2.45, 2.75) is 44.0 Å².